The van der Waals surface area contributed by atoms with Crippen LogP contribution in [-0.4, -0.2) is 96.7 Å². The van der Waals surface area contributed by atoms with Gasteiger partial charge in [-0.15, -0.1) is 0 Å². The van der Waals surface area contributed by atoms with E-state index < -0.39 is 97.5 Å². The summed E-state index contributed by atoms with van der Waals surface area (Å²) >= 11 is 0. The van der Waals surface area contributed by atoms with Crippen molar-refractivity contribution in [2.45, 2.75) is 368 Å². The molecule has 0 rings (SSSR count). The Labute approximate surface area is 530 Å². The van der Waals surface area contributed by atoms with Gasteiger partial charge in [0.25, 0.3) is 0 Å². The van der Waals surface area contributed by atoms with Gasteiger partial charge in [0, 0.05) is 25.7 Å². The van der Waals surface area contributed by atoms with Crippen molar-refractivity contribution in [1.29, 1.82) is 0 Å². The van der Waals surface area contributed by atoms with Gasteiger partial charge in [-0.05, 0) is 31.6 Å². The Morgan fingerprint density at radius 1 is 0.310 bits per heavy atom. The zero-order valence-corrected chi connectivity index (χ0v) is 57.9. The number of rotatable bonds is 68. The normalized spacial score (nSPS) is 14.1. The lowest BCUT2D eigenvalue weighted by Crippen LogP contribution is -2.30. The largest absolute Gasteiger partial charge is 0.472 e. The van der Waals surface area contributed by atoms with Gasteiger partial charge in [0.2, 0.25) is 0 Å². The van der Waals surface area contributed by atoms with Crippen molar-refractivity contribution in [2.24, 2.45) is 5.92 Å². The highest BCUT2D eigenvalue weighted by Crippen LogP contribution is 2.45. The first-order chi connectivity index (χ1) is 42.0. The van der Waals surface area contributed by atoms with Crippen LogP contribution in [0.1, 0.15) is 349 Å². The maximum absolute atomic E-state index is 13.0. The second-order valence-corrected chi connectivity index (χ2v) is 27.9. The summed E-state index contributed by atoms with van der Waals surface area (Å²) in [6, 6.07) is 0. The molecule has 0 fully saturated rings. The summed E-state index contributed by atoms with van der Waals surface area (Å²) in [6.45, 7) is 7.15. The van der Waals surface area contributed by atoms with Gasteiger partial charge in [0.1, 0.15) is 19.3 Å². The van der Waals surface area contributed by atoms with E-state index in [1.54, 1.807) is 0 Å². The Balaban J connectivity index is 5.23. The van der Waals surface area contributed by atoms with Crippen molar-refractivity contribution in [3.8, 4) is 0 Å². The minimum Gasteiger partial charge on any atom is -0.462 e. The second-order valence-electron chi connectivity index (χ2n) is 25.0. The molecule has 17 nitrogen and oxygen atoms in total. The lowest BCUT2D eigenvalue weighted by Gasteiger charge is -2.21. The van der Waals surface area contributed by atoms with Crippen molar-refractivity contribution in [1.82, 2.24) is 0 Å². The molecular formula is C68H132O17P2. The molecule has 0 bridgehead atoms. The minimum absolute atomic E-state index is 0.106. The van der Waals surface area contributed by atoms with Gasteiger partial charge in [0.15, 0.2) is 12.2 Å². The summed E-state index contributed by atoms with van der Waals surface area (Å²) in [7, 11) is -9.89. The Morgan fingerprint density at radius 3 is 0.782 bits per heavy atom. The average molecular weight is 1280 g/mol. The summed E-state index contributed by atoms with van der Waals surface area (Å²) in [6.07, 6.45) is 47.2. The number of hydrogen-bond donors (Lipinski definition) is 3. The maximum Gasteiger partial charge on any atom is 0.472 e. The third-order valence-corrected chi connectivity index (χ3v) is 17.7. The molecule has 0 aromatic heterocycles. The highest BCUT2D eigenvalue weighted by Gasteiger charge is 2.30. The molecule has 0 aliphatic rings. The molecule has 0 radical (unpaired) electrons. The van der Waals surface area contributed by atoms with Crippen LogP contribution in [0.25, 0.3) is 0 Å². The Kier molecular flexibility index (Phi) is 60.2. The lowest BCUT2D eigenvalue weighted by molar-refractivity contribution is -0.161. The summed E-state index contributed by atoms with van der Waals surface area (Å²) < 4.78 is 68.1. The predicted octanol–water partition coefficient (Wildman–Crippen LogP) is 19.4. The van der Waals surface area contributed by atoms with Crippen LogP contribution >= 0.6 is 15.6 Å². The Morgan fingerprint density at radius 2 is 0.529 bits per heavy atom. The van der Waals surface area contributed by atoms with Crippen LogP contribution in [0.15, 0.2) is 0 Å². The van der Waals surface area contributed by atoms with E-state index in [0.29, 0.717) is 31.6 Å². The van der Waals surface area contributed by atoms with E-state index >= 15 is 0 Å². The average Bonchev–Trinajstić information content (AvgIpc) is 3.53. The number of carbonyl (C=O) groups is 4. The molecule has 0 saturated heterocycles. The zero-order chi connectivity index (χ0) is 64.2. The van der Waals surface area contributed by atoms with E-state index in [1.165, 1.54) is 167 Å². The summed E-state index contributed by atoms with van der Waals surface area (Å²) in [5, 5.41) is 10.6. The van der Waals surface area contributed by atoms with Gasteiger partial charge in [-0.1, -0.05) is 298 Å². The highest BCUT2D eigenvalue weighted by atomic mass is 31.2. The molecule has 5 atom stereocenters. The fourth-order valence-electron chi connectivity index (χ4n) is 10.3. The molecule has 516 valence electrons. The van der Waals surface area contributed by atoms with Gasteiger partial charge in [-0.25, -0.2) is 9.13 Å². The monoisotopic (exact) mass is 1280 g/mol. The van der Waals surface area contributed by atoms with E-state index in [-0.39, 0.29) is 25.7 Å². The van der Waals surface area contributed by atoms with Gasteiger partial charge in [-0.2, -0.15) is 0 Å². The number of phosphoric acid groups is 2. The number of ether oxygens (including phenoxy) is 4. The van der Waals surface area contributed by atoms with Crippen LogP contribution in [0.5, 0.6) is 0 Å². The molecule has 0 saturated carbocycles. The first-order valence-corrected chi connectivity index (χ1v) is 38.6. The fourth-order valence-corrected chi connectivity index (χ4v) is 11.9. The fraction of sp³-hybridized carbons (Fsp3) is 0.941. The number of hydrogen-bond acceptors (Lipinski definition) is 15. The van der Waals surface area contributed by atoms with E-state index in [1.807, 2.05) is 0 Å². The summed E-state index contributed by atoms with van der Waals surface area (Å²) in [5.74, 6) is -1.45. The second kappa shape index (κ2) is 61.6. The quantitative estimate of drug-likeness (QED) is 0.0222. The van der Waals surface area contributed by atoms with Crippen molar-refractivity contribution in [3.05, 3.63) is 0 Å². The molecule has 0 amide bonds. The minimum atomic E-state index is -4.95. The van der Waals surface area contributed by atoms with Crippen molar-refractivity contribution < 1.29 is 80.2 Å². The zero-order valence-electron chi connectivity index (χ0n) is 56.2. The van der Waals surface area contributed by atoms with Gasteiger partial charge >= 0.3 is 39.5 Å². The van der Waals surface area contributed by atoms with Crippen LogP contribution in [0.4, 0.5) is 0 Å². The smallest absolute Gasteiger partial charge is 0.462 e. The van der Waals surface area contributed by atoms with Gasteiger partial charge in [-0.3, -0.25) is 37.3 Å². The molecule has 87 heavy (non-hydrogen) atoms. The first kappa shape index (κ1) is 85.1. The van der Waals surface area contributed by atoms with Crippen LogP contribution in [-0.2, 0) is 65.4 Å². The molecule has 19 heteroatoms. The van der Waals surface area contributed by atoms with E-state index in [9.17, 15) is 43.2 Å². The number of esters is 4. The van der Waals surface area contributed by atoms with Gasteiger partial charge < -0.3 is 33.8 Å². The molecule has 0 spiro atoms. The van der Waals surface area contributed by atoms with Gasteiger partial charge in [0.05, 0.1) is 26.4 Å². The molecular weight excluding hydrogens is 1150 g/mol. The summed E-state index contributed by atoms with van der Waals surface area (Å²) in [5.41, 5.74) is 0. The molecule has 0 aromatic rings. The molecule has 3 N–H and O–H groups in total. The maximum atomic E-state index is 13.0. The number of phosphoric ester groups is 2. The van der Waals surface area contributed by atoms with E-state index in [2.05, 4.69) is 34.6 Å². The van der Waals surface area contributed by atoms with Crippen molar-refractivity contribution in [3.63, 3.8) is 0 Å². The van der Waals surface area contributed by atoms with Crippen LogP contribution in [0.2, 0.25) is 0 Å². The molecule has 0 aliphatic carbocycles. The SMILES string of the molecule is CCCCCCCCCCCCCCCCC(=O)OC[C@H](COP(=O)(O)OC[C@@H](O)COP(=O)(O)OC[C@@H](COC(=O)CCCCCCCCC(C)C)OC(=O)CCCCCCCCCCCC)OC(=O)CCCCCCCCCCCCCCCC. The van der Waals surface area contributed by atoms with Crippen LogP contribution in [0.3, 0.4) is 0 Å². The van der Waals surface area contributed by atoms with Crippen molar-refractivity contribution >= 4 is 39.5 Å². The number of unbranched alkanes of at least 4 members (excludes halogenated alkanes) is 40. The molecule has 0 aliphatic heterocycles. The molecule has 0 aromatic carbocycles. The van der Waals surface area contributed by atoms with Crippen molar-refractivity contribution in [2.75, 3.05) is 39.6 Å². The predicted molar refractivity (Wildman–Crippen MR) is 349 cm³/mol. The molecule has 0 heterocycles. The number of aliphatic hydroxyl groups excluding tert-OH is 1. The first-order valence-electron chi connectivity index (χ1n) is 35.6. The summed E-state index contributed by atoms with van der Waals surface area (Å²) in [4.78, 5) is 72.4. The third-order valence-electron chi connectivity index (χ3n) is 15.8. The Hall–Kier alpha value is -1.94. The van der Waals surface area contributed by atoms with E-state index in [0.717, 1.165) is 96.3 Å². The number of aliphatic hydroxyl groups is 1. The standard InChI is InChI=1S/C68H132O17P2/c1-6-9-12-15-18-21-24-26-28-30-33-35-41-46-51-65(70)78-57-63(84-68(73)54-49-44-37-34-31-29-27-25-22-19-16-13-10-7-2)59-82-86(74,75)80-55-62(69)56-81-87(76,77)83-60-64(58-79-66(71)52-47-42-39-38-40-45-50-61(4)5)85-67(72)53-48-43-36-32-23-20-17-14-11-8-3/h61-64,69H,6-60H2,1-5H3,(H,74,75)(H,76,77)/t62-,63-,64-/m1/s1. The Bertz CT molecular complexity index is 1690. The molecule has 2 unspecified atom stereocenters. The third kappa shape index (κ3) is 62.6. The lowest BCUT2D eigenvalue weighted by atomic mass is 10.0. The highest BCUT2D eigenvalue weighted by molar-refractivity contribution is 7.47. The topological polar surface area (TPSA) is 237 Å². The number of carbonyl (C=O) groups excluding carboxylic acids is 4. The van der Waals surface area contributed by atoms with Crippen LogP contribution < -0.4 is 0 Å². The van der Waals surface area contributed by atoms with Crippen LogP contribution in [0, 0.1) is 5.92 Å². The van der Waals surface area contributed by atoms with E-state index in [4.69, 9.17) is 37.0 Å².